The van der Waals surface area contributed by atoms with Crippen LogP contribution in [0.15, 0.2) is 28.7 Å². The molecule has 1 aromatic heterocycles. The average molecular weight is 315 g/mol. The molecule has 2 aromatic rings. The Labute approximate surface area is 114 Å². The molecule has 0 saturated heterocycles. The first-order valence-electron chi connectivity index (χ1n) is 5.27. The molecule has 2 rings (SSSR count). The normalized spacial score (nSPS) is 12.7. The second kappa shape index (κ2) is 4.70. The Morgan fingerprint density at radius 3 is 2.59 bits per heavy atom. The molecule has 90 valence electrons. The molecule has 2 N–H and O–H groups in total. The fraction of sp³-hybridized carbons (Fsp3) is 0.250. The predicted octanol–water partition coefficient (Wildman–Crippen LogP) is 3.80. The molecule has 1 aromatic carbocycles. The van der Waals surface area contributed by atoms with Gasteiger partial charge in [0.15, 0.2) is 0 Å². The van der Waals surface area contributed by atoms with Gasteiger partial charge >= 0.3 is 0 Å². The number of nitrogens with two attached hydrogens (primary N) is 1. The summed E-state index contributed by atoms with van der Waals surface area (Å²) in [6.07, 6.45) is 0. The van der Waals surface area contributed by atoms with Gasteiger partial charge in [-0.2, -0.15) is 5.10 Å². The lowest BCUT2D eigenvalue weighted by Crippen LogP contribution is -2.12. The summed E-state index contributed by atoms with van der Waals surface area (Å²) in [4.78, 5) is 0. The quantitative estimate of drug-likeness (QED) is 0.916. The van der Waals surface area contributed by atoms with Gasteiger partial charge in [-0.25, -0.2) is 4.68 Å². The first-order chi connectivity index (χ1) is 8.02. The molecule has 0 amide bonds. The van der Waals surface area contributed by atoms with E-state index in [2.05, 4.69) is 21.0 Å². The molecule has 5 heteroatoms. The monoisotopic (exact) mass is 313 g/mol. The van der Waals surface area contributed by atoms with Crippen molar-refractivity contribution in [1.29, 1.82) is 0 Å². The maximum atomic E-state index is 6.17. The van der Waals surface area contributed by atoms with Crippen molar-refractivity contribution in [2.24, 2.45) is 0 Å². The minimum absolute atomic E-state index is 0.00806. The summed E-state index contributed by atoms with van der Waals surface area (Å²) < 4.78 is 2.62. The van der Waals surface area contributed by atoms with Crippen LogP contribution in [0.4, 0.5) is 5.82 Å². The lowest BCUT2D eigenvalue weighted by atomic mass is 10.1. The van der Waals surface area contributed by atoms with Crippen LogP contribution >= 0.6 is 27.5 Å². The maximum Gasteiger partial charge on any atom is 0.137 e. The highest BCUT2D eigenvalue weighted by atomic mass is 79.9. The van der Waals surface area contributed by atoms with Crippen molar-refractivity contribution in [3.8, 4) is 0 Å². The van der Waals surface area contributed by atoms with Crippen molar-refractivity contribution in [2.45, 2.75) is 19.9 Å². The Balaban J connectivity index is 2.48. The van der Waals surface area contributed by atoms with E-state index in [1.54, 1.807) is 4.68 Å². The fourth-order valence-corrected chi connectivity index (χ4v) is 2.34. The van der Waals surface area contributed by atoms with Crippen LogP contribution in [0.1, 0.15) is 24.2 Å². The molecular weight excluding hydrogens is 302 g/mol. The van der Waals surface area contributed by atoms with Crippen LogP contribution in [-0.4, -0.2) is 9.78 Å². The molecule has 0 aliphatic heterocycles. The zero-order valence-electron chi connectivity index (χ0n) is 9.61. The van der Waals surface area contributed by atoms with Crippen molar-refractivity contribution in [3.05, 3.63) is 45.0 Å². The van der Waals surface area contributed by atoms with Crippen molar-refractivity contribution in [3.63, 3.8) is 0 Å². The van der Waals surface area contributed by atoms with E-state index >= 15 is 0 Å². The van der Waals surface area contributed by atoms with Gasteiger partial charge in [-0.15, -0.1) is 0 Å². The molecule has 0 aliphatic rings. The van der Waals surface area contributed by atoms with Crippen LogP contribution in [0, 0.1) is 6.92 Å². The number of halogens is 2. The lowest BCUT2D eigenvalue weighted by molar-refractivity contribution is 0.569. The molecule has 0 saturated carbocycles. The smallest absolute Gasteiger partial charge is 0.137 e. The number of nitrogens with zero attached hydrogens (tertiary/aromatic N) is 2. The van der Waals surface area contributed by atoms with E-state index in [4.69, 9.17) is 17.3 Å². The van der Waals surface area contributed by atoms with E-state index in [1.807, 2.05) is 38.1 Å². The van der Waals surface area contributed by atoms with E-state index in [-0.39, 0.29) is 6.04 Å². The van der Waals surface area contributed by atoms with Crippen LogP contribution in [-0.2, 0) is 0 Å². The van der Waals surface area contributed by atoms with E-state index in [1.165, 1.54) is 0 Å². The van der Waals surface area contributed by atoms with Crippen LogP contribution < -0.4 is 5.73 Å². The average Bonchev–Trinajstić information content (AvgIpc) is 2.57. The molecular formula is C12H13BrClN3. The number of anilines is 1. The van der Waals surface area contributed by atoms with E-state index in [9.17, 15) is 0 Å². The Kier molecular flexibility index (Phi) is 3.45. The van der Waals surface area contributed by atoms with Gasteiger partial charge in [0.25, 0.3) is 0 Å². The maximum absolute atomic E-state index is 6.17. The van der Waals surface area contributed by atoms with Gasteiger partial charge < -0.3 is 5.73 Å². The van der Waals surface area contributed by atoms with Crippen LogP contribution in [0.2, 0.25) is 5.02 Å². The van der Waals surface area contributed by atoms with Crippen molar-refractivity contribution in [1.82, 2.24) is 9.78 Å². The number of nitrogen functional groups attached to an aromatic ring is 1. The Hall–Kier alpha value is -1.00. The highest BCUT2D eigenvalue weighted by molar-refractivity contribution is 9.10. The van der Waals surface area contributed by atoms with Crippen LogP contribution in [0.5, 0.6) is 0 Å². The SMILES string of the molecule is Cc1nn(C(C)c2ccccc2Cl)c(N)c1Br. The number of aryl methyl sites for hydroxylation is 1. The molecule has 0 fully saturated rings. The number of hydrogen-bond acceptors (Lipinski definition) is 2. The molecule has 17 heavy (non-hydrogen) atoms. The number of rotatable bonds is 2. The van der Waals surface area contributed by atoms with Crippen molar-refractivity contribution >= 4 is 33.3 Å². The largest absolute Gasteiger partial charge is 0.383 e. The van der Waals surface area contributed by atoms with Crippen molar-refractivity contribution in [2.75, 3.05) is 5.73 Å². The molecule has 0 spiro atoms. The zero-order chi connectivity index (χ0) is 12.6. The third kappa shape index (κ3) is 2.19. The summed E-state index contributed by atoms with van der Waals surface area (Å²) in [5, 5.41) is 5.14. The van der Waals surface area contributed by atoms with Gasteiger partial charge in [0.05, 0.1) is 16.2 Å². The first-order valence-corrected chi connectivity index (χ1v) is 6.44. The summed E-state index contributed by atoms with van der Waals surface area (Å²) in [5.41, 5.74) is 7.89. The van der Waals surface area contributed by atoms with Crippen molar-refractivity contribution < 1.29 is 0 Å². The van der Waals surface area contributed by atoms with E-state index < -0.39 is 0 Å². The van der Waals surface area contributed by atoms with Gasteiger partial charge in [0.2, 0.25) is 0 Å². The summed E-state index contributed by atoms with van der Waals surface area (Å²) in [6, 6.07) is 7.73. The standard InChI is InChI=1S/C12H13BrClN3/c1-7-11(13)12(15)17(16-7)8(2)9-5-3-4-6-10(9)14/h3-6,8H,15H2,1-2H3. The van der Waals surface area contributed by atoms with Crippen LogP contribution in [0.3, 0.4) is 0 Å². The number of aromatic nitrogens is 2. The highest BCUT2D eigenvalue weighted by Crippen LogP contribution is 2.31. The van der Waals surface area contributed by atoms with Gasteiger partial charge in [0.1, 0.15) is 5.82 Å². The van der Waals surface area contributed by atoms with Gasteiger partial charge in [0, 0.05) is 5.02 Å². The van der Waals surface area contributed by atoms with E-state index in [0.29, 0.717) is 5.82 Å². The van der Waals surface area contributed by atoms with Crippen LogP contribution in [0.25, 0.3) is 0 Å². The second-order valence-corrected chi connectivity index (χ2v) is 5.13. The third-order valence-corrected chi connectivity index (χ3v) is 4.09. The molecule has 1 unspecified atom stereocenters. The number of hydrogen-bond donors (Lipinski definition) is 1. The highest BCUT2D eigenvalue weighted by Gasteiger charge is 2.17. The first kappa shape index (κ1) is 12.5. The van der Waals surface area contributed by atoms with Gasteiger partial charge in [-0.05, 0) is 41.4 Å². The molecule has 0 radical (unpaired) electrons. The molecule has 1 atom stereocenters. The zero-order valence-corrected chi connectivity index (χ0v) is 12.0. The topological polar surface area (TPSA) is 43.8 Å². The summed E-state index contributed by atoms with van der Waals surface area (Å²) >= 11 is 9.59. The molecule has 0 bridgehead atoms. The summed E-state index contributed by atoms with van der Waals surface area (Å²) in [5.74, 6) is 0.620. The fourth-order valence-electron chi connectivity index (χ4n) is 1.79. The predicted molar refractivity (Wildman–Crippen MR) is 74.3 cm³/mol. The minimum Gasteiger partial charge on any atom is -0.383 e. The molecule has 0 aliphatic carbocycles. The van der Waals surface area contributed by atoms with Gasteiger partial charge in [-0.3, -0.25) is 0 Å². The molecule has 1 heterocycles. The van der Waals surface area contributed by atoms with Gasteiger partial charge in [-0.1, -0.05) is 29.8 Å². The Bertz CT molecular complexity index is 551. The minimum atomic E-state index is 0.00806. The Morgan fingerprint density at radius 2 is 2.06 bits per heavy atom. The molecule has 3 nitrogen and oxygen atoms in total. The Morgan fingerprint density at radius 1 is 1.41 bits per heavy atom. The third-order valence-electron chi connectivity index (χ3n) is 2.77. The summed E-state index contributed by atoms with van der Waals surface area (Å²) in [7, 11) is 0. The summed E-state index contributed by atoms with van der Waals surface area (Å²) in [6.45, 7) is 3.94. The number of benzene rings is 1. The lowest BCUT2D eigenvalue weighted by Gasteiger charge is -2.15. The second-order valence-electron chi connectivity index (χ2n) is 3.93. The van der Waals surface area contributed by atoms with E-state index in [0.717, 1.165) is 20.8 Å².